The summed E-state index contributed by atoms with van der Waals surface area (Å²) in [5, 5.41) is 75.9. The molecule has 0 aromatic carbocycles. The zero-order valence-corrected chi connectivity index (χ0v) is 12.0. The van der Waals surface area contributed by atoms with Crippen LogP contribution in [0.4, 0.5) is 0 Å². The van der Waals surface area contributed by atoms with Crippen molar-refractivity contribution in [2.75, 3.05) is 13.2 Å². The molecule has 1 rings (SSSR count). The maximum atomic E-state index is 9.82. The van der Waals surface area contributed by atoms with Gasteiger partial charge in [0.15, 0.2) is 6.29 Å². The summed E-state index contributed by atoms with van der Waals surface area (Å²) in [6, 6.07) is 0. The molecule has 0 aromatic heterocycles. The molecule has 0 saturated carbocycles. The van der Waals surface area contributed by atoms with E-state index in [9.17, 15) is 30.6 Å². The largest absolute Gasteiger partial charge is 0.394 e. The van der Waals surface area contributed by atoms with Crippen LogP contribution in [0.1, 0.15) is 6.92 Å². The molecule has 0 amide bonds. The van der Waals surface area contributed by atoms with Gasteiger partial charge in [0.25, 0.3) is 0 Å². The smallest absolute Gasteiger partial charge is 0.187 e. The van der Waals surface area contributed by atoms with Crippen LogP contribution in [-0.2, 0) is 9.47 Å². The van der Waals surface area contributed by atoms with Gasteiger partial charge in [0.1, 0.15) is 42.7 Å². The molecule has 1 heterocycles. The minimum Gasteiger partial charge on any atom is -0.394 e. The van der Waals surface area contributed by atoms with Crippen LogP contribution in [0.3, 0.4) is 0 Å². The zero-order valence-electron chi connectivity index (χ0n) is 12.0. The van der Waals surface area contributed by atoms with E-state index in [0.29, 0.717) is 0 Å². The molecule has 1 fully saturated rings. The number of aliphatic hydroxyl groups excluding tert-OH is 8. The summed E-state index contributed by atoms with van der Waals surface area (Å²) in [6.45, 7) is -0.249. The molecule has 0 aliphatic carbocycles. The van der Waals surface area contributed by atoms with Crippen LogP contribution in [-0.4, -0.2) is 109 Å². The molecular weight excluding hydrogens is 304 g/mol. The van der Waals surface area contributed by atoms with Gasteiger partial charge >= 0.3 is 0 Å². The predicted octanol–water partition coefficient (Wildman–Crippen LogP) is -4.73. The average Bonchev–Trinajstić information content (AvgIpc) is 2.50. The lowest BCUT2D eigenvalue weighted by Gasteiger charge is -2.42. The average molecular weight is 328 g/mol. The highest BCUT2D eigenvalue weighted by molar-refractivity contribution is 4.90. The van der Waals surface area contributed by atoms with Crippen molar-refractivity contribution in [3.05, 3.63) is 0 Å². The van der Waals surface area contributed by atoms with Crippen molar-refractivity contribution in [2.24, 2.45) is 0 Å². The SMILES string of the molecule is C[C@H](O)[C@@H](O)[C@H](OC1O[C@H](CO)[C@H](O)[C@H](O)[C@H]1O)[C@H](O)CO. The van der Waals surface area contributed by atoms with Crippen LogP contribution >= 0.6 is 0 Å². The second-order valence-corrected chi connectivity index (χ2v) is 5.28. The predicted molar refractivity (Wildman–Crippen MR) is 69.4 cm³/mol. The van der Waals surface area contributed by atoms with Gasteiger partial charge in [-0.3, -0.25) is 0 Å². The number of hydrogen-bond acceptors (Lipinski definition) is 10. The number of ether oxygens (including phenoxy) is 2. The van der Waals surface area contributed by atoms with Gasteiger partial charge in [-0.05, 0) is 6.92 Å². The normalized spacial score (nSPS) is 38.3. The van der Waals surface area contributed by atoms with Crippen LogP contribution in [0.5, 0.6) is 0 Å². The highest BCUT2D eigenvalue weighted by atomic mass is 16.7. The number of rotatable bonds is 7. The van der Waals surface area contributed by atoms with Crippen LogP contribution in [0, 0.1) is 0 Å². The van der Waals surface area contributed by atoms with E-state index in [2.05, 4.69) is 0 Å². The first-order valence-electron chi connectivity index (χ1n) is 6.85. The van der Waals surface area contributed by atoms with E-state index in [1.807, 2.05) is 0 Å². The molecule has 1 aliphatic heterocycles. The first-order chi connectivity index (χ1) is 10.2. The Labute approximate surface area is 126 Å². The topological polar surface area (TPSA) is 180 Å². The standard InChI is InChI=1S/C12H24O10/c1-4(15)7(17)11(5(16)2-13)22-12-10(20)9(19)8(18)6(3-14)21-12/h4-20H,2-3H2,1H3/t4-,5+,6+,7+,8-,9-,10+,11+,12?/m0/s1. The molecule has 1 unspecified atom stereocenters. The monoisotopic (exact) mass is 328 g/mol. The second kappa shape index (κ2) is 8.45. The maximum absolute atomic E-state index is 9.82. The van der Waals surface area contributed by atoms with Crippen molar-refractivity contribution in [1.82, 2.24) is 0 Å². The third kappa shape index (κ3) is 4.32. The van der Waals surface area contributed by atoms with Gasteiger partial charge in [0, 0.05) is 0 Å². The first-order valence-corrected chi connectivity index (χ1v) is 6.85. The first kappa shape index (κ1) is 19.6. The fraction of sp³-hybridized carbons (Fsp3) is 1.00. The Morgan fingerprint density at radius 2 is 1.59 bits per heavy atom. The van der Waals surface area contributed by atoms with Gasteiger partial charge in [-0.1, -0.05) is 0 Å². The molecule has 10 nitrogen and oxygen atoms in total. The zero-order chi connectivity index (χ0) is 17.0. The maximum Gasteiger partial charge on any atom is 0.187 e. The number of aliphatic hydroxyl groups is 8. The van der Waals surface area contributed by atoms with E-state index in [1.165, 1.54) is 6.92 Å². The quantitative estimate of drug-likeness (QED) is 0.226. The third-order valence-corrected chi connectivity index (χ3v) is 3.54. The molecule has 8 N–H and O–H groups in total. The Hall–Kier alpha value is -0.400. The molecule has 1 aliphatic rings. The van der Waals surface area contributed by atoms with E-state index in [-0.39, 0.29) is 0 Å². The number of hydrogen-bond donors (Lipinski definition) is 8. The molecule has 9 atom stereocenters. The van der Waals surface area contributed by atoms with Gasteiger partial charge in [-0.2, -0.15) is 0 Å². The molecule has 1 saturated heterocycles. The van der Waals surface area contributed by atoms with E-state index in [1.54, 1.807) is 0 Å². The van der Waals surface area contributed by atoms with Gasteiger partial charge in [-0.25, -0.2) is 0 Å². The van der Waals surface area contributed by atoms with Gasteiger partial charge in [0.2, 0.25) is 0 Å². The summed E-state index contributed by atoms with van der Waals surface area (Å²) < 4.78 is 10.2. The van der Waals surface area contributed by atoms with Gasteiger partial charge in [-0.15, -0.1) is 0 Å². The van der Waals surface area contributed by atoms with E-state index in [4.69, 9.17) is 19.7 Å². The lowest BCUT2D eigenvalue weighted by molar-refractivity contribution is -0.326. The van der Waals surface area contributed by atoms with Crippen LogP contribution in [0.25, 0.3) is 0 Å². The highest BCUT2D eigenvalue weighted by Gasteiger charge is 2.46. The summed E-state index contributed by atoms with van der Waals surface area (Å²) in [4.78, 5) is 0. The Morgan fingerprint density at radius 3 is 2.05 bits per heavy atom. The van der Waals surface area contributed by atoms with E-state index in [0.717, 1.165) is 0 Å². The summed E-state index contributed by atoms with van der Waals surface area (Å²) in [6.07, 6.45) is -13.9. The van der Waals surface area contributed by atoms with Crippen LogP contribution in [0.15, 0.2) is 0 Å². The minimum absolute atomic E-state index is 0.670. The van der Waals surface area contributed by atoms with Crippen molar-refractivity contribution >= 4 is 0 Å². The Bertz CT molecular complexity index is 325. The fourth-order valence-electron chi connectivity index (χ4n) is 2.11. The molecule has 0 spiro atoms. The Balaban J connectivity index is 2.86. The van der Waals surface area contributed by atoms with Crippen molar-refractivity contribution in [2.45, 2.75) is 62.0 Å². The lowest BCUT2D eigenvalue weighted by atomic mass is 9.98. The third-order valence-electron chi connectivity index (χ3n) is 3.54. The molecule has 0 aromatic rings. The highest BCUT2D eigenvalue weighted by Crippen LogP contribution is 2.24. The van der Waals surface area contributed by atoms with E-state index < -0.39 is 68.3 Å². The molecule has 0 bridgehead atoms. The summed E-state index contributed by atoms with van der Waals surface area (Å²) >= 11 is 0. The Kier molecular flexibility index (Phi) is 7.55. The molecule has 22 heavy (non-hydrogen) atoms. The molecule has 0 radical (unpaired) electrons. The molecule has 10 heteroatoms. The van der Waals surface area contributed by atoms with Crippen LogP contribution in [0.2, 0.25) is 0 Å². The van der Waals surface area contributed by atoms with Crippen molar-refractivity contribution in [3.8, 4) is 0 Å². The van der Waals surface area contributed by atoms with Crippen molar-refractivity contribution in [3.63, 3.8) is 0 Å². The second-order valence-electron chi connectivity index (χ2n) is 5.28. The van der Waals surface area contributed by atoms with Crippen molar-refractivity contribution < 1.29 is 50.3 Å². The van der Waals surface area contributed by atoms with Gasteiger partial charge < -0.3 is 50.3 Å². The van der Waals surface area contributed by atoms with Crippen molar-refractivity contribution in [1.29, 1.82) is 0 Å². The van der Waals surface area contributed by atoms with Gasteiger partial charge in [0.05, 0.1) is 19.3 Å². The summed E-state index contributed by atoms with van der Waals surface area (Å²) in [7, 11) is 0. The lowest BCUT2D eigenvalue weighted by Crippen LogP contribution is -2.61. The molecule has 132 valence electrons. The molecular formula is C12H24O10. The summed E-state index contributed by atoms with van der Waals surface area (Å²) in [5.74, 6) is 0. The van der Waals surface area contributed by atoms with E-state index >= 15 is 0 Å². The fourth-order valence-corrected chi connectivity index (χ4v) is 2.11. The van der Waals surface area contributed by atoms with Crippen LogP contribution < -0.4 is 0 Å². The Morgan fingerprint density at radius 1 is 1.00 bits per heavy atom. The minimum atomic E-state index is -1.73. The summed E-state index contributed by atoms with van der Waals surface area (Å²) in [5.41, 5.74) is 0.